The molecule has 3 N–H and O–H groups in total. The van der Waals surface area contributed by atoms with Crippen molar-refractivity contribution in [3.05, 3.63) is 72.1 Å². The van der Waals surface area contributed by atoms with E-state index in [2.05, 4.69) is 10.0 Å². The Hall–Kier alpha value is -2.79. The minimum absolute atomic E-state index is 0.0334. The summed E-state index contributed by atoms with van der Waals surface area (Å²) in [6.07, 6.45) is 1.57. The Kier molecular flexibility index (Phi) is 7.97. The Bertz CT molecular complexity index is 1080. The summed E-state index contributed by atoms with van der Waals surface area (Å²) in [7, 11) is -2.58. The number of hydrogen-bond acceptors (Lipinski definition) is 6. The molecule has 1 aliphatic rings. The topological polar surface area (TPSA) is 114 Å². The van der Waals surface area contributed by atoms with Gasteiger partial charge in [-0.3, -0.25) is 4.79 Å². The lowest BCUT2D eigenvalue weighted by Crippen LogP contribution is -2.49. The maximum Gasteiger partial charge on any atom is 0.244 e. The van der Waals surface area contributed by atoms with Crippen LogP contribution in [-0.4, -0.2) is 51.4 Å². The average Bonchev–Trinajstić information content (AvgIpc) is 2.78. The number of sulfonamides is 1. The summed E-state index contributed by atoms with van der Waals surface area (Å²) in [6.45, 7) is -0.289. The molecule has 0 radical (unpaired) electrons. The lowest BCUT2D eigenvalue weighted by Gasteiger charge is -2.31. The first-order valence-corrected chi connectivity index (χ1v) is 11.4. The first kappa shape index (κ1) is 23.9. The van der Waals surface area contributed by atoms with E-state index < -0.39 is 34.9 Å². The summed E-state index contributed by atoms with van der Waals surface area (Å²) in [6, 6.07) is 11.2. The van der Waals surface area contributed by atoms with Crippen molar-refractivity contribution >= 4 is 15.9 Å². The van der Waals surface area contributed by atoms with E-state index in [1.54, 1.807) is 36.4 Å². The number of rotatable bonds is 9. The molecule has 2 aromatic carbocycles. The second-order valence-electron chi connectivity index (χ2n) is 7.19. The number of para-hydroxylation sites is 1. The molecule has 0 spiro atoms. The van der Waals surface area contributed by atoms with Gasteiger partial charge in [0.15, 0.2) is 0 Å². The van der Waals surface area contributed by atoms with E-state index in [0.717, 1.165) is 0 Å². The highest BCUT2D eigenvalue weighted by Gasteiger charge is 2.32. The highest BCUT2D eigenvalue weighted by atomic mass is 32.2. The molecule has 1 heterocycles. The minimum Gasteiger partial charge on any atom is -0.495 e. The largest absolute Gasteiger partial charge is 0.495 e. The van der Waals surface area contributed by atoms with Crippen LogP contribution < -0.4 is 14.8 Å². The number of nitrogens with one attached hydrogen (secondary N) is 2. The third-order valence-corrected chi connectivity index (χ3v) is 6.38. The average molecular weight is 465 g/mol. The van der Waals surface area contributed by atoms with Gasteiger partial charge in [-0.1, -0.05) is 36.4 Å². The third kappa shape index (κ3) is 6.13. The van der Waals surface area contributed by atoms with E-state index in [9.17, 15) is 22.7 Å². The van der Waals surface area contributed by atoms with Crippen molar-refractivity contribution in [1.29, 1.82) is 0 Å². The Balaban J connectivity index is 1.61. The Labute approximate surface area is 186 Å². The smallest absolute Gasteiger partial charge is 0.244 e. The monoisotopic (exact) mass is 464 g/mol. The number of ether oxygens (including phenoxy) is 2. The van der Waals surface area contributed by atoms with E-state index >= 15 is 0 Å². The van der Waals surface area contributed by atoms with E-state index in [-0.39, 0.29) is 35.3 Å². The van der Waals surface area contributed by atoms with Crippen LogP contribution in [0.1, 0.15) is 12.0 Å². The fourth-order valence-corrected chi connectivity index (χ4v) is 4.69. The van der Waals surface area contributed by atoms with Crippen molar-refractivity contribution < 1.29 is 32.2 Å². The predicted octanol–water partition coefficient (Wildman–Crippen LogP) is 1.50. The third-order valence-electron chi connectivity index (χ3n) is 4.88. The van der Waals surface area contributed by atoms with E-state index in [4.69, 9.17) is 9.47 Å². The van der Waals surface area contributed by atoms with Gasteiger partial charge in [0.25, 0.3) is 0 Å². The van der Waals surface area contributed by atoms with Gasteiger partial charge in [0, 0.05) is 6.54 Å². The molecule has 0 bridgehead atoms. The number of benzene rings is 2. The van der Waals surface area contributed by atoms with E-state index in [1.165, 1.54) is 31.4 Å². The summed E-state index contributed by atoms with van der Waals surface area (Å²) < 4.78 is 52.1. The molecule has 32 heavy (non-hydrogen) atoms. The summed E-state index contributed by atoms with van der Waals surface area (Å²) in [5, 5.41) is 12.4. The van der Waals surface area contributed by atoms with Crippen molar-refractivity contribution in [2.75, 3.05) is 13.7 Å². The molecule has 0 saturated carbocycles. The molecule has 0 aliphatic carbocycles. The molecule has 8 nitrogen and oxygen atoms in total. The molecule has 0 unspecified atom stereocenters. The number of methoxy groups -OCH3 is 1. The van der Waals surface area contributed by atoms with Crippen LogP contribution in [0.25, 0.3) is 0 Å². The lowest BCUT2D eigenvalue weighted by molar-refractivity contribution is -0.125. The molecule has 3 atom stereocenters. The molecular weight excluding hydrogens is 439 g/mol. The van der Waals surface area contributed by atoms with Crippen molar-refractivity contribution in [2.24, 2.45) is 0 Å². The molecule has 0 fully saturated rings. The summed E-state index contributed by atoms with van der Waals surface area (Å²) in [4.78, 5) is 12.2. The number of aliphatic hydroxyl groups excluding tert-OH is 1. The van der Waals surface area contributed by atoms with Crippen molar-refractivity contribution in [3.8, 4) is 5.75 Å². The zero-order chi connectivity index (χ0) is 23.1. The number of hydrogen-bond donors (Lipinski definition) is 3. The predicted molar refractivity (Wildman–Crippen MR) is 115 cm³/mol. The first-order chi connectivity index (χ1) is 15.3. The highest BCUT2D eigenvalue weighted by molar-refractivity contribution is 7.89. The maximum absolute atomic E-state index is 13.2. The molecule has 1 aliphatic heterocycles. The molecule has 172 valence electrons. The van der Waals surface area contributed by atoms with Gasteiger partial charge >= 0.3 is 0 Å². The van der Waals surface area contributed by atoms with Gasteiger partial charge in [0.05, 0.1) is 32.3 Å². The summed E-state index contributed by atoms with van der Waals surface area (Å²) in [5.41, 5.74) is 0.623. The summed E-state index contributed by atoms with van der Waals surface area (Å²) >= 11 is 0. The Morgan fingerprint density at radius 2 is 1.97 bits per heavy atom. The SMILES string of the molecule is COc1ccccc1S(=O)(=O)N[C@H]1C=C[C@@H](CC(=O)NCc2cccc(F)c2)O[C@H]1CO. The highest BCUT2D eigenvalue weighted by Crippen LogP contribution is 2.24. The van der Waals surface area contributed by atoms with Gasteiger partial charge in [0.2, 0.25) is 15.9 Å². The fourth-order valence-electron chi connectivity index (χ4n) is 3.30. The Morgan fingerprint density at radius 3 is 2.69 bits per heavy atom. The zero-order valence-corrected chi connectivity index (χ0v) is 18.2. The van der Waals surface area contributed by atoms with Crippen LogP contribution in [0.5, 0.6) is 5.75 Å². The van der Waals surface area contributed by atoms with Gasteiger partial charge < -0.3 is 19.9 Å². The lowest BCUT2D eigenvalue weighted by atomic mass is 10.1. The molecule has 3 rings (SSSR count). The maximum atomic E-state index is 13.2. The minimum atomic E-state index is -3.96. The van der Waals surface area contributed by atoms with Gasteiger partial charge in [-0.05, 0) is 29.8 Å². The second kappa shape index (κ2) is 10.7. The normalized spacial score (nSPS) is 20.7. The first-order valence-electron chi connectivity index (χ1n) is 9.93. The van der Waals surface area contributed by atoms with Crippen molar-refractivity contribution in [1.82, 2.24) is 10.0 Å². The number of carbonyl (C=O) groups excluding carboxylic acids is 1. The molecule has 0 saturated heterocycles. The molecule has 1 amide bonds. The van der Waals surface area contributed by atoms with Gasteiger partial charge in [-0.2, -0.15) is 0 Å². The van der Waals surface area contributed by atoms with Crippen LogP contribution in [0, 0.1) is 5.82 Å². The molecule has 0 aromatic heterocycles. The van der Waals surface area contributed by atoms with Crippen LogP contribution in [0.4, 0.5) is 4.39 Å². The van der Waals surface area contributed by atoms with Crippen LogP contribution in [0.15, 0.2) is 65.6 Å². The van der Waals surface area contributed by atoms with E-state index in [1.807, 2.05) is 0 Å². The molecular formula is C22H25FN2O6S. The fraction of sp³-hybridized carbons (Fsp3) is 0.318. The van der Waals surface area contributed by atoms with Gasteiger partial charge in [-0.15, -0.1) is 0 Å². The number of amides is 1. The van der Waals surface area contributed by atoms with Crippen LogP contribution in [0.3, 0.4) is 0 Å². The van der Waals surface area contributed by atoms with E-state index in [0.29, 0.717) is 5.56 Å². The standard InChI is InChI=1S/C22H25FN2O6S/c1-30-19-7-2-3-8-21(19)32(28,29)25-18-10-9-17(31-20(18)14-26)12-22(27)24-13-15-5-4-6-16(23)11-15/h2-11,17-18,20,25-26H,12-14H2,1H3,(H,24,27)/t17-,18-,20-/m0/s1. The quantitative estimate of drug-likeness (QED) is 0.485. The molecule has 10 heteroatoms. The van der Waals surface area contributed by atoms with Crippen molar-refractivity contribution in [3.63, 3.8) is 0 Å². The van der Waals surface area contributed by atoms with Gasteiger partial charge in [0.1, 0.15) is 22.6 Å². The second-order valence-corrected chi connectivity index (χ2v) is 8.87. The molecule has 2 aromatic rings. The Morgan fingerprint density at radius 1 is 1.19 bits per heavy atom. The number of aliphatic hydroxyl groups is 1. The zero-order valence-electron chi connectivity index (χ0n) is 17.4. The van der Waals surface area contributed by atoms with Crippen LogP contribution in [0.2, 0.25) is 0 Å². The van der Waals surface area contributed by atoms with Crippen LogP contribution >= 0.6 is 0 Å². The van der Waals surface area contributed by atoms with Crippen molar-refractivity contribution in [2.45, 2.75) is 36.1 Å². The van der Waals surface area contributed by atoms with Gasteiger partial charge in [-0.25, -0.2) is 17.5 Å². The summed E-state index contributed by atoms with van der Waals surface area (Å²) in [5.74, 6) is -0.523. The number of carbonyl (C=O) groups is 1. The van der Waals surface area contributed by atoms with Crippen LogP contribution in [-0.2, 0) is 26.1 Å². The number of halogens is 1.